The largest absolute Gasteiger partial charge is 0.484 e. The lowest BCUT2D eigenvalue weighted by Gasteiger charge is -2.44. The van der Waals surface area contributed by atoms with Gasteiger partial charge in [-0.3, -0.25) is 9.69 Å². The summed E-state index contributed by atoms with van der Waals surface area (Å²) in [6.07, 6.45) is 0. The second-order valence-electron chi connectivity index (χ2n) is 7.06. The third-order valence-corrected chi connectivity index (χ3v) is 5.03. The molecular formula is C21H24ClFN2O2. The Hall–Kier alpha value is -2.11. The molecule has 1 saturated heterocycles. The maximum atomic E-state index is 13.1. The molecule has 0 aromatic heterocycles. The standard InChI is InChI=1S/C21H24ClFN2O2/c1-15-11-24(13-17-3-7-19(23)8-4-17)12-16(2)25(15)21(26)14-27-20-9-5-18(22)6-10-20/h3-10,15-16H,11-14H2,1-2H3/t15-,16+. The van der Waals surface area contributed by atoms with Crippen LogP contribution in [0.2, 0.25) is 5.02 Å². The van der Waals surface area contributed by atoms with Crippen LogP contribution >= 0.6 is 11.6 Å². The van der Waals surface area contributed by atoms with Gasteiger partial charge in [-0.05, 0) is 55.8 Å². The van der Waals surface area contributed by atoms with E-state index in [1.165, 1.54) is 12.1 Å². The minimum absolute atomic E-state index is 0.00821. The summed E-state index contributed by atoms with van der Waals surface area (Å²) >= 11 is 5.86. The van der Waals surface area contributed by atoms with E-state index >= 15 is 0 Å². The maximum Gasteiger partial charge on any atom is 0.261 e. The Labute approximate surface area is 164 Å². The number of amides is 1. The number of piperazine rings is 1. The van der Waals surface area contributed by atoms with Gasteiger partial charge in [0.15, 0.2) is 6.61 Å². The normalized spacial score (nSPS) is 20.5. The van der Waals surface area contributed by atoms with E-state index in [0.29, 0.717) is 10.8 Å². The summed E-state index contributed by atoms with van der Waals surface area (Å²) in [4.78, 5) is 16.9. The van der Waals surface area contributed by atoms with Crippen LogP contribution in [0.4, 0.5) is 4.39 Å². The van der Waals surface area contributed by atoms with Crippen LogP contribution in [0, 0.1) is 5.82 Å². The Bertz CT molecular complexity index is 755. The van der Waals surface area contributed by atoms with E-state index in [2.05, 4.69) is 4.90 Å². The monoisotopic (exact) mass is 390 g/mol. The highest BCUT2D eigenvalue weighted by molar-refractivity contribution is 6.30. The van der Waals surface area contributed by atoms with Crippen LogP contribution in [0.15, 0.2) is 48.5 Å². The van der Waals surface area contributed by atoms with Crippen molar-refractivity contribution >= 4 is 17.5 Å². The molecule has 0 spiro atoms. The molecule has 1 amide bonds. The fourth-order valence-corrected chi connectivity index (χ4v) is 3.78. The van der Waals surface area contributed by atoms with E-state index < -0.39 is 0 Å². The van der Waals surface area contributed by atoms with Gasteiger partial charge in [-0.25, -0.2) is 4.39 Å². The maximum absolute atomic E-state index is 13.1. The third kappa shape index (κ3) is 5.21. The van der Waals surface area contributed by atoms with Gasteiger partial charge in [0, 0.05) is 36.7 Å². The summed E-state index contributed by atoms with van der Waals surface area (Å²) in [6.45, 7) is 6.40. The summed E-state index contributed by atoms with van der Waals surface area (Å²) in [5.41, 5.74) is 1.07. The fraction of sp³-hybridized carbons (Fsp3) is 0.381. The fourth-order valence-electron chi connectivity index (χ4n) is 3.65. The number of carbonyl (C=O) groups is 1. The van der Waals surface area contributed by atoms with Crippen molar-refractivity contribution in [2.45, 2.75) is 32.5 Å². The molecule has 0 unspecified atom stereocenters. The highest BCUT2D eigenvalue weighted by atomic mass is 35.5. The number of hydrogen-bond acceptors (Lipinski definition) is 3. The van der Waals surface area contributed by atoms with Crippen LogP contribution < -0.4 is 4.74 Å². The Morgan fingerprint density at radius 3 is 2.26 bits per heavy atom. The molecule has 4 nitrogen and oxygen atoms in total. The Kier molecular flexibility index (Phi) is 6.34. The summed E-state index contributed by atoms with van der Waals surface area (Å²) in [6, 6.07) is 13.7. The van der Waals surface area contributed by atoms with Gasteiger partial charge in [0.2, 0.25) is 0 Å². The lowest BCUT2D eigenvalue weighted by molar-refractivity contribution is -0.141. The van der Waals surface area contributed by atoms with Gasteiger partial charge in [-0.15, -0.1) is 0 Å². The SMILES string of the molecule is C[C@@H]1CN(Cc2ccc(F)cc2)C[C@H](C)N1C(=O)COc1ccc(Cl)cc1. The topological polar surface area (TPSA) is 32.8 Å². The van der Waals surface area contributed by atoms with Gasteiger partial charge in [-0.2, -0.15) is 0 Å². The lowest BCUT2D eigenvalue weighted by Crippen LogP contribution is -2.59. The minimum atomic E-state index is -0.225. The number of halogens is 2. The number of ether oxygens (including phenoxy) is 1. The predicted octanol–water partition coefficient (Wildman–Crippen LogP) is 3.98. The molecule has 1 fully saturated rings. The summed E-state index contributed by atoms with van der Waals surface area (Å²) in [5, 5.41) is 0.633. The lowest BCUT2D eigenvalue weighted by atomic mass is 10.1. The molecule has 0 radical (unpaired) electrons. The number of hydrogen-bond donors (Lipinski definition) is 0. The number of carbonyl (C=O) groups excluding carboxylic acids is 1. The van der Waals surface area contributed by atoms with Crippen LogP contribution in [0.1, 0.15) is 19.4 Å². The predicted molar refractivity (Wildman–Crippen MR) is 104 cm³/mol. The molecule has 1 aliphatic rings. The van der Waals surface area contributed by atoms with Crippen molar-refractivity contribution < 1.29 is 13.9 Å². The molecule has 1 heterocycles. The number of nitrogens with zero attached hydrogens (tertiary/aromatic N) is 2. The highest BCUT2D eigenvalue weighted by Gasteiger charge is 2.32. The molecule has 27 heavy (non-hydrogen) atoms. The summed E-state index contributed by atoms with van der Waals surface area (Å²) < 4.78 is 18.7. The quantitative estimate of drug-likeness (QED) is 0.774. The van der Waals surface area contributed by atoms with Gasteiger partial charge < -0.3 is 9.64 Å². The second kappa shape index (κ2) is 8.72. The number of rotatable bonds is 5. The molecular weight excluding hydrogens is 367 g/mol. The van der Waals surface area contributed by atoms with Gasteiger partial charge >= 0.3 is 0 Å². The Morgan fingerprint density at radius 2 is 1.67 bits per heavy atom. The van der Waals surface area contributed by atoms with E-state index in [-0.39, 0.29) is 30.4 Å². The van der Waals surface area contributed by atoms with E-state index in [1.807, 2.05) is 30.9 Å². The minimum Gasteiger partial charge on any atom is -0.484 e. The first-order chi connectivity index (χ1) is 12.9. The zero-order valence-electron chi connectivity index (χ0n) is 15.6. The van der Waals surface area contributed by atoms with Crippen molar-refractivity contribution in [2.24, 2.45) is 0 Å². The smallest absolute Gasteiger partial charge is 0.261 e. The van der Waals surface area contributed by atoms with Crippen molar-refractivity contribution in [1.82, 2.24) is 9.80 Å². The zero-order valence-corrected chi connectivity index (χ0v) is 16.3. The zero-order chi connectivity index (χ0) is 19.4. The Balaban J connectivity index is 1.55. The highest BCUT2D eigenvalue weighted by Crippen LogP contribution is 2.20. The first-order valence-corrected chi connectivity index (χ1v) is 9.46. The van der Waals surface area contributed by atoms with E-state index in [4.69, 9.17) is 16.3 Å². The van der Waals surface area contributed by atoms with Crippen molar-refractivity contribution in [3.05, 3.63) is 64.9 Å². The van der Waals surface area contributed by atoms with Crippen LogP contribution in [0.3, 0.4) is 0 Å². The molecule has 2 aromatic rings. The van der Waals surface area contributed by atoms with Crippen LogP contribution in [-0.2, 0) is 11.3 Å². The van der Waals surface area contributed by atoms with Gasteiger partial charge in [-0.1, -0.05) is 23.7 Å². The molecule has 2 aromatic carbocycles. The molecule has 3 rings (SSSR count). The van der Waals surface area contributed by atoms with Gasteiger partial charge in [0.25, 0.3) is 5.91 Å². The van der Waals surface area contributed by atoms with E-state index in [0.717, 1.165) is 25.2 Å². The van der Waals surface area contributed by atoms with Crippen molar-refractivity contribution in [2.75, 3.05) is 19.7 Å². The molecule has 1 aliphatic heterocycles. The van der Waals surface area contributed by atoms with Crippen LogP contribution in [-0.4, -0.2) is 47.5 Å². The summed E-state index contributed by atoms with van der Waals surface area (Å²) in [5.74, 6) is 0.381. The van der Waals surface area contributed by atoms with Crippen molar-refractivity contribution in [1.29, 1.82) is 0 Å². The van der Waals surface area contributed by atoms with Gasteiger partial charge in [0.05, 0.1) is 0 Å². The molecule has 144 valence electrons. The molecule has 6 heteroatoms. The van der Waals surface area contributed by atoms with E-state index in [1.54, 1.807) is 24.3 Å². The molecule has 0 aliphatic carbocycles. The van der Waals surface area contributed by atoms with Crippen LogP contribution in [0.25, 0.3) is 0 Å². The van der Waals surface area contributed by atoms with Crippen LogP contribution in [0.5, 0.6) is 5.75 Å². The third-order valence-electron chi connectivity index (χ3n) is 4.78. The second-order valence-corrected chi connectivity index (χ2v) is 7.50. The molecule has 0 N–H and O–H groups in total. The Morgan fingerprint density at radius 1 is 1.07 bits per heavy atom. The average Bonchev–Trinajstić information content (AvgIpc) is 2.62. The molecule has 2 atom stereocenters. The first kappa shape index (κ1) is 19.6. The molecule has 0 bridgehead atoms. The van der Waals surface area contributed by atoms with Crippen molar-refractivity contribution in [3.8, 4) is 5.75 Å². The van der Waals surface area contributed by atoms with E-state index in [9.17, 15) is 9.18 Å². The number of benzene rings is 2. The summed E-state index contributed by atoms with van der Waals surface area (Å²) in [7, 11) is 0. The average molecular weight is 391 g/mol. The molecule has 0 saturated carbocycles. The van der Waals surface area contributed by atoms with Gasteiger partial charge in [0.1, 0.15) is 11.6 Å². The first-order valence-electron chi connectivity index (χ1n) is 9.08. The van der Waals surface area contributed by atoms with Crippen molar-refractivity contribution in [3.63, 3.8) is 0 Å².